The number of rotatable bonds is 8. The van der Waals surface area contributed by atoms with Crippen molar-refractivity contribution in [3.05, 3.63) is 77.0 Å². The second-order valence-electron chi connectivity index (χ2n) is 11.7. The summed E-state index contributed by atoms with van der Waals surface area (Å²) in [6, 6.07) is 10.4. The summed E-state index contributed by atoms with van der Waals surface area (Å²) in [5, 5.41) is 0. The number of hydrogen-bond donors (Lipinski definition) is 0. The molecule has 0 bridgehead atoms. The molecule has 0 radical (unpaired) electrons. The minimum absolute atomic E-state index is 0.195. The van der Waals surface area contributed by atoms with Crippen LogP contribution >= 0.6 is 0 Å². The van der Waals surface area contributed by atoms with Crippen molar-refractivity contribution < 1.29 is 4.39 Å². The van der Waals surface area contributed by atoms with Gasteiger partial charge in [-0.15, -0.1) is 0 Å². The lowest BCUT2D eigenvalue weighted by atomic mass is 9.78. The maximum absolute atomic E-state index is 15.6. The van der Waals surface area contributed by atoms with Crippen molar-refractivity contribution >= 4 is 22.8 Å². The number of pyridine rings is 2. The summed E-state index contributed by atoms with van der Waals surface area (Å²) in [5.74, 6) is 1.48. The summed E-state index contributed by atoms with van der Waals surface area (Å²) in [6.45, 7) is 10.6. The van der Waals surface area contributed by atoms with Crippen molar-refractivity contribution in [2.75, 3.05) is 38.1 Å². The van der Waals surface area contributed by atoms with E-state index in [2.05, 4.69) is 72.9 Å². The molecular weight excluding hydrogens is 497 g/mol. The predicted molar refractivity (Wildman–Crippen MR) is 163 cm³/mol. The van der Waals surface area contributed by atoms with Crippen LogP contribution in [0.1, 0.15) is 74.8 Å². The van der Waals surface area contributed by atoms with E-state index in [-0.39, 0.29) is 11.7 Å². The van der Waals surface area contributed by atoms with Gasteiger partial charge in [0.05, 0.1) is 5.69 Å². The number of hydrogen-bond acceptors (Lipinski definition) is 5. The molecule has 5 nitrogen and oxygen atoms in total. The molecule has 2 aromatic heterocycles. The summed E-state index contributed by atoms with van der Waals surface area (Å²) in [6.07, 6.45) is 11.4. The van der Waals surface area contributed by atoms with Gasteiger partial charge in [-0.25, -0.2) is 9.37 Å². The summed E-state index contributed by atoms with van der Waals surface area (Å²) >= 11 is 0. The van der Waals surface area contributed by atoms with Gasteiger partial charge in [0.25, 0.3) is 0 Å². The molecule has 0 spiro atoms. The molecule has 1 aromatic carbocycles. The van der Waals surface area contributed by atoms with Crippen molar-refractivity contribution in [2.24, 2.45) is 10.9 Å². The fourth-order valence-electron chi connectivity index (χ4n) is 6.85. The van der Waals surface area contributed by atoms with Gasteiger partial charge < -0.3 is 9.80 Å². The highest BCUT2D eigenvalue weighted by Gasteiger charge is 2.33. The Kier molecular flexibility index (Phi) is 7.54. The van der Waals surface area contributed by atoms with Crippen molar-refractivity contribution in [3.8, 4) is 11.1 Å². The van der Waals surface area contributed by atoms with Crippen molar-refractivity contribution in [2.45, 2.75) is 58.8 Å². The van der Waals surface area contributed by atoms with E-state index in [4.69, 9.17) is 9.98 Å². The fraction of sp³-hybridized carbons (Fsp3) is 0.441. The van der Waals surface area contributed by atoms with Crippen LogP contribution in [-0.2, 0) is 6.42 Å². The highest BCUT2D eigenvalue weighted by atomic mass is 19.1. The maximum Gasteiger partial charge on any atom is 0.149 e. The third kappa shape index (κ3) is 4.98. The number of aliphatic imine (C=N–C) groups is 1. The van der Waals surface area contributed by atoms with Crippen LogP contribution in [0.5, 0.6) is 0 Å². The number of aromatic nitrogens is 2. The van der Waals surface area contributed by atoms with Gasteiger partial charge in [-0.05, 0) is 85.3 Å². The van der Waals surface area contributed by atoms with Crippen LogP contribution < -0.4 is 4.90 Å². The molecular formula is C34H40FN5. The van der Waals surface area contributed by atoms with E-state index < -0.39 is 0 Å². The monoisotopic (exact) mass is 537 g/mol. The Balaban J connectivity index is 1.33. The highest BCUT2D eigenvalue weighted by Crippen LogP contribution is 2.46. The summed E-state index contributed by atoms with van der Waals surface area (Å²) in [4.78, 5) is 19.0. The summed E-state index contributed by atoms with van der Waals surface area (Å²) in [7, 11) is 2.17. The van der Waals surface area contributed by atoms with Crippen LogP contribution in [0.25, 0.3) is 16.7 Å². The normalized spacial score (nSPS) is 18.6. The summed E-state index contributed by atoms with van der Waals surface area (Å²) < 4.78 is 15.6. The molecule has 1 fully saturated rings. The minimum Gasteiger partial charge on any atom is -0.354 e. The highest BCUT2D eigenvalue weighted by molar-refractivity contribution is 5.98. The van der Waals surface area contributed by atoms with E-state index in [1.165, 1.54) is 0 Å². The molecule has 40 heavy (non-hydrogen) atoms. The predicted octanol–water partition coefficient (Wildman–Crippen LogP) is 7.43. The van der Waals surface area contributed by atoms with Crippen LogP contribution in [-0.4, -0.2) is 53.8 Å². The lowest BCUT2D eigenvalue weighted by Crippen LogP contribution is -2.44. The minimum atomic E-state index is -0.217. The molecule has 3 aromatic rings. The third-order valence-corrected chi connectivity index (χ3v) is 8.93. The van der Waals surface area contributed by atoms with E-state index in [1.54, 1.807) is 6.07 Å². The molecule has 3 aliphatic rings. The number of benzene rings is 1. The number of anilines is 1. The van der Waals surface area contributed by atoms with E-state index in [0.717, 1.165) is 109 Å². The Labute approximate surface area is 237 Å². The lowest BCUT2D eigenvalue weighted by molar-refractivity contribution is 0.312. The molecule has 1 unspecified atom stereocenters. The molecule has 0 saturated carbocycles. The van der Waals surface area contributed by atoms with E-state index in [0.29, 0.717) is 11.6 Å². The Hall–Kier alpha value is -3.38. The SMILES string of the molecule is CCCC(CCC)C1C(C)=Nc2c(F)cc(C3=CCc4ncc(-c5ccnc(N6CCN(C)CC6)c5)cc43)cc21. The van der Waals surface area contributed by atoms with Gasteiger partial charge >= 0.3 is 0 Å². The van der Waals surface area contributed by atoms with Crippen molar-refractivity contribution in [1.29, 1.82) is 0 Å². The number of halogens is 1. The number of piperazine rings is 1. The lowest BCUT2D eigenvalue weighted by Gasteiger charge is -2.33. The van der Waals surface area contributed by atoms with Gasteiger partial charge in [0, 0.05) is 67.8 Å². The third-order valence-electron chi connectivity index (χ3n) is 8.93. The largest absolute Gasteiger partial charge is 0.354 e. The topological polar surface area (TPSA) is 44.6 Å². The second kappa shape index (κ2) is 11.2. The zero-order chi connectivity index (χ0) is 27.8. The van der Waals surface area contributed by atoms with E-state index in [1.807, 2.05) is 12.4 Å². The molecule has 2 aliphatic heterocycles. The van der Waals surface area contributed by atoms with Gasteiger partial charge in [-0.1, -0.05) is 32.8 Å². The number of allylic oxidation sites excluding steroid dienone is 1. The van der Waals surface area contributed by atoms with Gasteiger partial charge in [-0.3, -0.25) is 9.98 Å². The zero-order valence-electron chi connectivity index (χ0n) is 24.3. The molecule has 6 rings (SSSR count). The number of likely N-dealkylation sites (N-methyl/N-ethyl adjacent to an activating group) is 1. The van der Waals surface area contributed by atoms with Crippen molar-refractivity contribution in [1.82, 2.24) is 14.9 Å². The smallest absolute Gasteiger partial charge is 0.149 e. The average Bonchev–Trinajstić information content (AvgIpc) is 3.54. The first-order valence-electron chi connectivity index (χ1n) is 14.9. The quantitative estimate of drug-likeness (QED) is 0.300. The van der Waals surface area contributed by atoms with Crippen molar-refractivity contribution in [3.63, 3.8) is 0 Å². The molecule has 208 valence electrons. The van der Waals surface area contributed by atoms with Crippen LogP contribution in [0.4, 0.5) is 15.9 Å². The van der Waals surface area contributed by atoms with Crippen LogP contribution in [0, 0.1) is 11.7 Å². The van der Waals surface area contributed by atoms with Crippen LogP contribution in [0.15, 0.2) is 53.8 Å². The maximum atomic E-state index is 15.6. The molecule has 1 atom stereocenters. The molecule has 1 saturated heterocycles. The molecule has 0 N–H and O–H groups in total. The van der Waals surface area contributed by atoms with Gasteiger partial charge in [0.1, 0.15) is 17.3 Å². The molecule has 0 amide bonds. The fourth-order valence-corrected chi connectivity index (χ4v) is 6.85. The molecule has 6 heteroatoms. The Morgan fingerprint density at radius 3 is 2.48 bits per heavy atom. The first-order chi connectivity index (χ1) is 19.5. The average molecular weight is 538 g/mol. The first kappa shape index (κ1) is 26.8. The van der Waals surface area contributed by atoms with Crippen LogP contribution in [0.3, 0.4) is 0 Å². The second-order valence-corrected chi connectivity index (χ2v) is 11.7. The Bertz CT molecular complexity index is 1460. The van der Waals surface area contributed by atoms with Gasteiger partial charge in [0.2, 0.25) is 0 Å². The van der Waals surface area contributed by atoms with E-state index >= 15 is 4.39 Å². The number of nitrogens with zero attached hydrogens (tertiary/aromatic N) is 5. The standard InChI is InChI=1S/C34H40FN5/c1-5-7-23(8-6-2)33-22(3)38-34-29(33)17-25(19-30(34)35)27-9-10-31-28(27)18-26(21-37-31)24-11-12-36-32(20-24)40-15-13-39(4)14-16-40/h9,11-12,17-21,23,33H,5-8,10,13-16H2,1-4H3. The number of fused-ring (bicyclic) bond motifs is 2. The van der Waals surface area contributed by atoms with E-state index in [9.17, 15) is 0 Å². The van der Waals surface area contributed by atoms with Gasteiger partial charge in [-0.2, -0.15) is 0 Å². The zero-order valence-corrected chi connectivity index (χ0v) is 24.3. The van der Waals surface area contributed by atoms with Crippen LogP contribution in [0.2, 0.25) is 0 Å². The Morgan fingerprint density at radius 1 is 0.950 bits per heavy atom. The molecule has 4 heterocycles. The first-order valence-corrected chi connectivity index (χ1v) is 14.9. The Morgan fingerprint density at radius 2 is 1.73 bits per heavy atom. The summed E-state index contributed by atoms with van der Waals surface area (Å²) in [5.41, 5.74) is 8.98. The molecule has 1 aliphatic carbocycles. The van der Waals surface area contributed by atoms with Gasteiger partial charge in [0.15, 0.2) is 0 Å².